The van der Waals surface area contributed by atoms with Gasteiger partial charge in [-0.2, -0.15) is 8.78 Å². The summed E-state index contributed by atoms with van der Waals surface area (Å²) in [4.78, 5) is 31.0. The Morgan fingerprint density at radius 1 is 1.06 bits per heavy atom. The van der Waals surface area contributed by atoms with E-state index >= 15 is 0 Å². The lowest BCUT2D eigenvalue weighted by Crippen LogP contribution is -2.46. The molecule has 2 aliphatic carbocycles. The number of amides is 2. The number of halogens is 2. The van der Waals surface area contributed by atoms with Crippen molar-refractivity contribution in [1.29, 1.82) is 0 Å². The van der Waals surface area contributed by atoms with Crippen LogP contribution in [-0.2, 0) is 4.79 Å². The molecule has 0 radical (unpaired) electrons. The highest BCUT2D eigenvalue weighted by Crippen LogP contribution is 2.41. The van der Waals surface area contributed by atoms with Crippen molar-refractivity contribution < 1.29 is 28.2 Å². The number of rotatable bonds is 8. The summed E-state index contributed by atoms with van der Waals surface area (Å²) >= 11 is 0. The fraction of sp³-hybridized carbons (Fsp3) is 0.500. The standard InChI is InChI=1S/C26H31F2N3O4/c1-15(2)19-5-3-4-6-22(19)31(18-11-9-17(10-12-18)24(32)33)26(34)30-21-14-13-20(16-7-8-16)29-23(21)35-25(27)28/h3-6,13-18,25H,7-12H2,1-2H3,(H,30,34)(H,32,33). The van der Waals surface area contributed by atoms with E-state index in [0.717, 1.165) is 24.1 Å². The molecule has 4 rings (SSSR count). The Bertz CT molecular complexity index is 1070. The average molecular weight is 488 g/mol. The summed E-state index contributed by atoms with van der Waals surface area (Å²) in [6.07, 6.45) is 3.87. The normalized spacial score (nSPS) is 20.1. The van der Waals surface area contributed by atoms with Gasteiger partial charge in [-0.15, -0.1) is 0 Å². The van der Waals surface area contributed by atoms with E-state index in [1.165, 1.54) is 0 Å². The molecule has 9 heteroatoms. The van der Waals surface area contributed by atoms with E-state index in [-0.39, 0.29) is 29.4 Å². The number of carbonyl (C=O) groups excluding carboxylic acids is 1. The molecule has 2 amide bonds. The van der Waals surface area contributed by atoms with Crippen LogP contribution in [0.2, 0.25) is 0 Å². The number of benzene rings is 1. The van der Waals surface area contributed by atoms with Gasteiger partial charge in [0.05, 0.1) is 5.92 Å². The van der Waals surface area contributed by atoms with Gasteiger partial charge in [0, 0.05) is 23.3 Å². The number of alkyl halides is 2. The number of carbonyl (C=O) groups is 2. The van der Waals surface area contributed by atoms with E-state index < -0.39 is 24.5 Å². The number of carboxylic acid groups (broad SMARTS) is 1. The van der Waals surface area contributed by atoms with Gasteiger partial charge in [0.25, 0.3) is 0 Å². The molecule has 35 heavy (non-hydrogen) atoms. The first-order valence-corrected chi connectivity index (χ1v) is 12.1. The molecule has 0 spiro atoms. The molecule has 1 aromatic heterocycles. The smallest absolute Gasteiger partial charge is 0.388 e. The van der Waals surface area contributed by atoms with Crippen LogP contribution in [0.25, 0.3) is 0 Å². The summed E-state index contributed by atoms with van der Waals surface area (Å²) in [5.74, 6) is -1.18. The highest BCUT2D eigenvalue weighted by Gasteiger charge is 2.34. The van der Waals surface area contributed by atoms with E-state index in [1.807, 2.05) is 38.1 Å². The number of aromatic nitrogens is 1. The van der Waals surface area contributed by atoms with Crippen LogP contribution in [0.5, 0.6) is 5.88 Å². The zero-order valence-corrected chi connectivity index (χ0v) is 19.9. The summed E-state index contributed by atoms with van der Waals surface area (Å²) in [6.45, 7) is 0.994. The van der Waals surface area contributed by atoms with Crippen LogP contribution in [0, 0.1) is 5.92 Å². The molecule has 1 heterocycles. The Morgan fingerprint density at radius 2 is 1.74 bits per heavy atom. The number of nitrogens with one attached hydrogen (secondary N) is 1. The first-order chi connectivity index (χ1) is 16.7. The summed E-state index contributed by atoms with van der Waals surface area (Å²) in [7, 11) is 0. The number of ether oxygens (including phenoxy) is 1. The minimum absolute atomic E-state index is 0.0750. The van der Waals surface area contributed by atoms with Crippen LogP contribution >= 0.6 is 0 Å². The molecule has 0 aliphatic heterocycles. The van der Waals surface area contributed by atoms with Crippen LogP contribution in [0.4, 0.5) is 25.0 Å². The summed E-state index contributed by atoms with van der Waals surface area (Å²) < 4.78 is 30.9. The monoisotopic (exact) mass is 487 g/mol. The molecule has 0 atom stereocenters. The summed E-state index contributed by atoms with van der Waals surface area (Å²) in [6, 6.07) is 10.2. The molecule has 0 saturated heterocycles. The molecular weight excluding hydrogens is 456 g/mol. The van der Waals surface area contributed by atoms with Crippen LogP contribution in [0.15, 0.2) is 36.4 Å². The largest absolute Gasteiger partial charge is 0.481 e. The minimum Gasteiger partial charge on any atom is -0.481 e. The minimum atomic E-state index is -3.07. The Hall–Kier alpha value is -3.23. The van der Waals surface area contributed by atoms with Gasteiger partial charge in [0.2, 0.25) is 5.88 Å². The predicted octanol–water partition coefficient (Wildman–Crippen LogP) is 6.37. The second-order valence-electron chi connectivity index (χ2n) is 9.60. The summed E-state index contributed by atoms with van der Waals surface area (Å²) in [5, 5.41) is 12.1. The fourth-order valence-corrected chi connectivity index (χ4v) is 4.75. The number of anilines is 2. The average Bonchev–Trinajstić information content (AvgIpc) is 3.66. The van der Waals surface area contributed by atoms with Crippen molar-refractivity contribution in [1.82, 2.24) is 4.98 Å². The van der Waals surface area contributed by atoms with Gasteiger partial charge in [-0.3, -0.25) is 9.69 Å². The van der Waals surface area contributed by atoms with Crippen molar-refractivity contribution in [2.45, 2.75) is 76.9 Å². The molecule has 7 nitrogen and oxygen atoms in total. The third kappa shape index (κ3) is 5.89. The first kappa shape index (κ1) is 24.9. The SMILES string of the molecule is CC(C)c1ccccc1N(C(=O)Nc1ccc(C2CC2)nc1OC(F)F)C1CCC(C(=O)O)CC1. The van der Waals surface area contributed by atoms with E-state index in [0.29, 0.717) is 31.4 Å². The van der Waals surface area contributed by atoms with Crippen LogP contribution in [0.1, 0.15) is 75.5 Å². The Labute approximate surface area is 203 Å². The lowest BCUT2D eigenvalue weighted by molar-refractivity contribution is -0.142. The number of nitrogens with zero attached hydrogens (tertiary/aromatic N) is 2. The molecular formula is C26H31F2N3O4. The molecule has 2 aliphatic rings. The third-order valence-corrected chi connectivity index (χ3v) is 6.77. The predicted molar refractivity (Wildman–Crippen MR) is 128 cm³/mol. The molecule has 0 unspecified atom stereocenters. The van der Waals surface area contributed by atoms with Crippen molar-refractivity contribution in [3.8, 4) is 5.88 Å². The van der Waals surface area contributed by atoms with Crippen LogP contribution < -0.4 is 15.0 Å². The zero-order valence-electron chi connectivity index (χ0n) is 19.9. The van der Waals surface area contributed by atoms with Gasteiger partial charge in [0.1, 0.15) is 5.69 Å². The zero-order chi connectivity index (χ0) is 25.1. The van der Waals surface area contributed by atoms with Gasteiger partial charge < -0.3 is 15.2 Å². The Morgan fingerprint density at radius 3 is 2.34 bits per heavy atom. The Kier molecular flexibility index (Phi) is 7.52. The summed E-state index contributed by atoms with van der Waals surface area (Å²) in [5.41, 5.74) is 2.44. The molecule has 2 aromatic rings. The number of hydrogen-bond acceptors (Lipinski definition) is 4. The molecule has 2 fully saturated rings. The number of aliphatic carboxylic acids is 1. The number of hydrogen-bond donors (Lipinski definition) is 2. The van der Waals surface area contributed by atoms with Crippen LogP contribution in [0.3, 0.4) is 0 Å². The van der Waals surface area contributed by atoms with Gasteiger partial charge in [-0.05, 0) is 68.2 Å². The van der Waals surface area contributed by atoms with Crippen molar-refractivity contribution in [2.75, 3.05) is 10.2 Å². The highest BCUT2D eigenvalue weighted by molar-refractivity contribution is 6.03. The highest BCUT2D eigenvalue weighted by atomic mass is 19.3. The molecule has 2 N–H and O–H groups in total. The topological polar surface area (TPSA) is 91.8 Å². The lowest BCUT2D eigenvalue weighted by Gasteiger charge is -2.37. The molecule has 1 aromatic carbocycles. The molecule has 2 saturated carbocycles. The maximum absolute atomic E-state index is 13.7. The number of carboxylic acids is 1. The maximum Gasteiger partial charge on any atom is 0.388 e. The first-order valence-electron chi connectivity index (χ1n) is 12.1. The second-order valence-corrected chi connectivity index (χ2v) is 9.60. The molecule has 188 valence electrons. The van der Waals surface area contributed by atoms with Crippen molar-refractivity contribution in [3.05, 3.63) is 47.7 Å². The van der Waals surface area contributed by atoms with E-state index in [2.05, 4.69) is 15.0 Å². The van der Waals surface area contributed by atoms with E-state index in [4.69, 9.17) is 0 Å². The van der Waals surface area contributed by atoms with Gasteiger partial charge in [0.15, 0.2) is 0 Å². The van der Waals surface area contributed by atoms with Gasteiger partial charge in [-0.1, -0.05) is 32.0 Å². The van der Waals surface area contributed by atoms with Crippen molar-refractivity contribution in [3.63, 3.8) is 0 Å². The van der Waals surface area contributed by atoms with Crippen LogP contribution in [-0.4, -0.2) is 34.7 Å². The van der Waals surface area contributed by atoms with E-state index in [1.54, 1.807) is 17.0 Å². The molecule has 0 bridgehead atoms. The quantitative estimate of drug-likeness (QED) is 0.452. The van der Waals surface area contributed by atoms with Crippen molar-refractivity contribution in [2.24, 2.45) is 5.92 Å². The Balaban J connectivity index is 1.65. The van der Waals surface area contributed by atoms with Crippen molar-refractivity contribution >= 4 is 23.4 Å². The van der Waals surface area contributed by atoms with E-state index in [9.17, 15) is 23.5 Å². The number of urea groups is 1. The third-order valence-electron chi connectivity index (χ3n) is 6.77. The second kappa shape index (κ2) is 10.6. The maximum atomic E-state index is 13.7. The van der Waals surface area contributed by atoms with Gasteiger partial charge in [-0.25, -0.2) is 9.78 Å². The number of para-hydroxylation sites is 1. The lowest BCUT2D eigenvalue weighted by atomic mass is 9.85. The van der Waals surface area contributed by atoms with Gasteiger partial charge >= 0.3 is 18.6 Å². The fourth-order valence-electron chi connectivity index (χ4n) is 4.75. The number of pyridine rings is 1.